The number of nitrogens with one attached hydrogen (secondary N) is 2. The molecular formula is C16H19F3N6O6. The highest BCUT2D eigenvalue weighted by Crippen LogP contribution is 2.33. The number of fused-ring (bicyclic) bond motifs is 1. The van der Waals surface area contributed by atoms with Gasteiger partial charge in [-0.2, -0.15) is 18.2 Å². The highest BCUT2D eigenvalue weighted by atomic mass is 19.4. The van der Waals surface area contributed by atoms with Crippen molar-refractivity contribution in [3.63, 3.8) is 0 Å². The zero-order valence-corrected chi connectivity index (χ0v) is 16.0. The molecule has 0 saturated carbocycles. The van der Waals surface area contributed by atoms with E-state index in [1.165, 1.54) is 24.0 Å². The van der Waals surface area contributed by atoms with E-state index in [4.69, 9.17) is 9.47 Å². The fourth-order valence-corrected chi connectivity index (χ4v) is 2.96. The number of ether oxygens (including phenoxy) is 2. The Labute approximate surface area is 172 Å². The summed E-state index contributed by atoms with van der Waals surface area (Å²) in [4.78, 5) is 34.3. The summed E-state index contributed by atoms with van der Waals surface area (Å²) < 4.78 is 49.2. The lowest BCUT2D eigenvalue weighted by Gasteiger charge is -2.22. The van der Waals surface area contributed by atoms with Crippen LogP contribution in [0, 0.1) is 0 Å². The molecule has 0 radical (unpaired) electrons. The number of anilines is 1. The molecule has 2 aromatic heterocycles. The minimum absolute atomic E-state index is 0.00802. The first-order valence-electron chi connectivity index (χ1n) is 9.00. The first kappa shape index (κ1) is 22.8. The maximum atomic E-state index is 12.3. The highest BCUT2D eigenvalue weighted by Gasteiger charge is 2.46. The number of imidazole rings is 1. The number of rotatable bonds is 7. The molecule has 1 saturated heterocycles. The number of alkyl halides is 3. The Hall–Kier alpha value is -2.88. The molecule has 0 spiro atoms. The maximum Gasteiger partial charge on any atom is 0.471 e. The molecule has 0 bridgehead atoms. The second-order valence-electron chi connectivity index (χ2n) is 6.56. The summed E-state index contributed by atoms with van der Waals surface area (Å²) in [5.74, 6) is -2.53. The molecule has 0 aromatic carbocycles. The predicted octanol–water partition coefficient (Wildman–Crippen LogP) is -0.901. The standard InChI is InChI=1S/C16H19F3N6O6/c1-7(27)23-15-21-4-8-12(24-15)25(6-22-8)13-11(10(28)9(5-26)31-13)30-3-2-20-14(29)16(17,18)19/h4,6,9-11,13,26,28H,2-3,5H2,1H3,(H,20,29)(H,21,23,24,27)/t9-,10-,11-,13-/m1/s1. The molecule has 1 aliphatic heterocycles. The lowest BCUT2D eigenvalue weighted by molar-refractivity contribution is -0.174. The molecule has 0 aliphatic carbocycles. The van der Waals surface area contributed by atoms with Crippen LogP contribution in [0.25, 0.3) is 11.2 Å². The van der Waals surface area contributed by atoms with Crippen molar-refractivity contribution in [1.82, 2.24) is 24.8 Å². The zero-order chi connectivity index (χ0) is 22.8. The van der Waals surface area contributed by atoms with E-state index in [1.807, 2.05) is 0 Å². The number of nitrogens with zero attached hydrogens (tertiary/aromatic N) is 4. The van der Waals surface area contributed by atoms with Gasteiger partial charge in [0.25, 0.3) is 0 Å². The number of amides is 2. The van der Waals surface area contributed by atoms with Gasteiger partial charge in [-0.25, -0.2) is 9.97 Å². The average Bonchev–Trinajstić information content (AvgIpc) is 3.24. The second-order valence-corrected chi connectivity index (χ2v) is 6.56. The molecule has 2 aromatic rings. The quantitative estimate of drug-likeness (QED) is 0.394. The summed E-state index contributed by atoms with van der Waals surface area (Å²) in [6, 6.07) is 0. The van der Waals surface area contributed by atoms with Crippen LogP contribution in [0.3, 0.4) is 0 Å². The summed E-state index contributed by atoms with van der Waals surface area (Å²) in [5, 5.41) is 23.9. The van der Waals surface area contributed by atoms with Gasteiger partial charge in [0.05, 0.1) is 25.7 Å². The van der Waals surface area contributed by atoms with Crippen LogP contribution in [0.2, 0.25) is 0 Å². The van der Waals surface area contributed by atoms with Gasteiger partial charge in [0.2, 0.25) is 11.9 Å². The third-order valence-electron chi connectivity index (χ3n) is 4.33. The van der Waals surface area contributed by atoms with E-state index in [-0.39, 0.29) is 18.2 Å². The van der Waals surface area contributed by atoms with Gasteiger partial charge in [-0.3, -0.25) is 19.5 Å². The summed E-state index contributed by atoms with van der Waals surface area (Å²) >= 11 is 0. The number of carbonyl (C=O) groups excluding carboxylic acids is 2. The Balaban J connectivity index is 1.78. The summed E-state index contributed by atoms with van der Waals surface area (Å²) in [7, 11) is 0. The predicted molar refractivity (Wildman–Crippen MR) is 95.4 cm³/mol. The molecule has 2 amide bonds. The van der Waals surface area contributed by atoms with Crippen LogP contribution < -0.4 is 10.6 Å². The van der Waals surface area contributed by atoms with Crippen LogP contribution in [-0.4, -0.2) is 85.8 Å². The Bertz CT molecular complexity index is 954. The molecule has 4 N–H and O–H groups in total. The van der Waals surface area contributed by atoms with E-state index in [2.05, 4.69) is 20.3 Å². The van der Waals surface area contributed by atoms with Gasteiger partial charge in [0.1, 0.15) is 23.8 Å². The fraction of sp³-hybridized carbons (Fsp3) is 0.562. The Morgan fingerprint density at radius 1 is 1.35 bits per heavy atom. The molecule has 1 fully saturated rings. The van der Waals surface area contributed by atoms with Gasteiger partial charge in [-0.05, 0) is 0 Å². The minimum Gasteiger partial charge on any atom is -0.394 e. The molecule has 0 unspecified atom stereocenters. The van der Waals surface area contributed by atoms with Crippen molar-refractivity contribution in [2.24, 2.45) is 0 Å². The van der Waals surface area contributed by atoms with Crippen LogP contribution in [0.1, 0.15) is 13.2 Å². The normalized spacial score (nSPS) is 23.8. The third-order valence-corrected chi connectivity index (χ3v) is 4.33. The summed E-state index contributed by atoms with van der Waals surface area (Å²) in [5.41, 5.74) is 0.546. The zero-order valence-electron chi connectivity index (χ0n) is 16.0. The average molecular weight is 448 g/mol. The second kappa shape index (κ2) is 9.09. The lowest BCUT2D eigenvalue weighted by Crippen LogP contribution is -2.40. The lowest BCUT2D eigenvalue weighted by atomic mass is 10.1. The molecular weight excluding hydrogens is 429 g/mol. The van der Waals surface area contributed by atoms with Crippen molar-refractivity contribution >= 4 is 28.9 Å². The molecule has 4 atom stereocenters. The highest BCUT2D eigenvalue weighted by molar-refractivity contribution is 5.87. The van der Waals surface area contributed by atoms with Crippen molar-refractivity contribution in [2.45, 2.75) is 37.6 Å². The number of aliphatic hydroxyl groups is 2. The van der Waals surface area contributed by atoms with Gasteiger partial charge in [0, 0.05) is 13.5 Å². The number of hydrogen-bond acceptors (Lipinski definition) is 9. The van der Waals surface area contributed by atoms with Crippen molar-refractivity contribution in [2.75, 3.05) is 25.1 Å². The maximum absolute atomic E-state index is 12.3. The monoisotopic (exact) mass is 448 g/mol. The molecule has 3 rings (SSSR count). The molecule has 31 heavy (non-hydrogen) atoms. The Kier molecular flexibility index (Phi) is 6.68. The van der Waals surface area contributed by atoms with Crippen LogP contribution in [0.15, 0.2) is 12.5 Å². The van der Waals surface area contributed by atoms with Gasteiger partial charge in [-0.1, -0.05) is 0 Å². The number of halogens is 3. The van der Waals surface area contributed by atoms with E-state index in [0.717, 1.165) is 0 Å². The Morgan fingerprint density at radius 3 is 2.74 bits per heavy atom. The smallest absolute Gasteiger partial charge is 0.394 e. The molecule has 15 heteroatoms. The number of aliphatic hydroxyl groups excluding tert-OH is 2. The van der Waals surface area contributed by atoms with Crippen LogP contribution in [-0.2, 0) is 19.1 Å². The largest absolute Gasteiger partial charge is 0.471 e. The van der Waals surface area contributed by atoms with Crippen molar-refractivity contribution in [3.05, 3.63) is 12.5 Å². The van der Waals surface area contributed by atoms with Crippen molar-refractivity contribution in [3.8, 4) is 0 Å². The van der Waals surface area contributed by atoms with Crippen LogP contribution in [0.4, 0.5) is 19.1 Å². The molecule has 1 aliphatic rings. The number of hydrogen-bond donors (Lipinski definition) is 4. The Morgan fingerprint density at radius 2 is 2.10 bits per heavy atom. The number of carbonyl (C=O) groups is 2. The van der Waals surface area contributed by atoms with Gasteiger partial charge >= 0.3 is 12.1 Å². The number of aromatic nitrogens is 4. The van der Waals surface area contributed by atoms with E-state index >= 15 is 0 Å². The van der Waals surface area contributed by atoms with Gasteiger partial charge in [0.15, 0.2) is 11.9 Å². The van der Waals surface area contributed by atoms with Gasteiger partial charge in [-0.15, -0.1) is 0 Å². The summed E-state index contributed by atoms with van der Waals surface area (Å²) in [6.45, 7) is -0.131. The van der Waals surface area contributed by atoms with Crippen LogP contribution >= 0.6 is 0 Å². The topological polar surface area (TPSA) is 161 Å². The van der Waals surface area contributed by atoms with E-state index in [1.54, 1.807) is 5.32 Å². The molecule has 12 nitrogen and oxygen atoms in total. The first-order chi connectivity index (χ1) is 14.6. The molecule has 3 heterocycles. The third kappa shape index (κ3) is 5.07. The van der Waals surface area contributed by atoms with Gasteiger partial charge < -0.3 is 25.0 Å². The van der Waals surface area contributed by atoms with Crippen molar-refractivity contribution in [1.29, 1.82) is 0 Å². The van der Waals surface area contributed by atoms with Crippen LogP contribution in [0.5, 0.6) is 0 Å². The van der Waals surface area contributed by atoms with Crippen molar-refractivity contribution < 1.29 is 42.4 Å². The SMILES string of the molecule is CC(=O)Nc1ncc2ncn([C@@H]3O[C@H](CO)[C@@H](O)[C@H]3OCCNC(=O)C(F)(F)F)c2n1. The van der Waals surface area contributed by atoms with E-state index in [0.29, 0.717) is 5.52 Å². The minimum atomic E-state index is -5.03. The fourth-order valence-electron chi connectivity index (χ4n) is 2.96. The summed E-state index contributed by atoms with van der Waals surface area (Å²) in [6.07, 6.45) is -6.93. The molecule has 170 valence electrons. The first-order valence-corrected chi connectivity index (χ1v) is 9.00. The van der Waals surface area contributed by atoms with E-state index < -0.39 is 55.7 Å². The van der Waals surface area contributed by atoms with E-state index in [9.17, 15) is 33.0 Å².